The zero-order valence-electron chi connectivity index (χ0n) is 20.7. The van der Waals surface area contributed by atoms with Crippen molar-refractivity contribution in [2.75, 3.05) is 19.8 Å². The van der Waals surface area contributed by atoms with Gasteiger partial charge < -0.3 is 24.2 Å². The average molecular weight is 574 g/mol. The minimum Gasteiger partial charge on any atom is -0.475 e. The number of carboxylic acids is 2. The Balaban J connectivity index is 0.000000317. The maximum Gasteiger partial charge on any atom is 0.490 e. The van der Waals surface area contributed by atoms with E-state index in [1.807, 2.05) is 36.1 Å². The summed E-state index contributed by atoms with van der Waals surface area (Å²) in [5, 5.41) is 22.6. The van der Waals surface area contributed by atoms with Gasteiger partial charge in [-0.05, 0) is 32.3 Å². The van der Waals surface area contributed by atoms with E-state index >= 15 is 0 Å². The van der Waals surface area contributed by atoms with Crippen molar-refractivity contribution in [1.29, 1.82) is 0 Å². The number of halogens is 6. The third kappa shape index (κ3) is 10.8. The maximum absolute atomic E-state index is 10.6. The molecule has 17 heteroatoms. The molecular weight excluding hydrogens is 546 g/mol. The van der Waals surface area contributed by atoms with Gasteiger partial charge in [0, 0.05) is 50.7 Å². The van der Waals surface area contributed by atoms with Crippen molar-refractivity contribution in [1.82, 2.24) is 19.8 Å². The van der Waals surface area contributed by atoms with Gasteiger partial charge in [0.1, 0.15) is 5.76 Å². The standard InChI is InChI=1S/C18H26N4O3.2C2HF3O2/c1-14-12-15(20-25-14)13-21-9-11-24-18-16(21)4-5-17(18)23-10-3-8-22-7-2-6-19-22;2*3-2(4,5)1(6)7/h2,6-7,12,16-18H,3-5,8-11,13H2,1H3;2*(H,6,7)/t16-,17+,18+;;/m0../s1. The highest BCUT2D eigenvalue weighted by molar-refractivity contribution is 5.73. The number of fused-ring (bicyclic) bond motifs is 1. The van der Waals surface area contributed by atoms with Crippen LogP contribution in [0.3, 0.4) is 0 Å². The first kappa shape index (κ1) is 32.0. The van der Waals surface area contributed by atoms with Crippen molar-refractivity contribution < 1.29 is 60.1 Å². The molecule has 1 aliphatic carbocycles. The van der Waals surface area contributed by atoms with Crippen LogP contribution >= 0.6 is 0 Å². The molecule has 2 N–H and O–H groups in total. The van der Waals surface area contributed by atoms with E-state index in [-0.39, 0.29) is 12.2 Å². The van der Waals surface area contributed by atoms with Gasteiger partial charge in [0.25, 0.3) is 0 Å². The second-order valence-corrected chi connectivity index (χ2v) is 8.52. The van der Waals surface area contributed by atoms with Crippen LogP contribution in [-0.4, -0.2) is 92.3 Å². The summed E-state index contributed by atoms with van der Waals surface area (Å²) in [6, 6.07) is 4.38. The van der Waals surface area contributed by atoms with Gasteiger partial charge in [0.15, 0.2) is 0 Å². The molecule has 2 fully saturated rings. The van der Waals surface area contributed by atoms with Gasteiger partial charge in [-0.15, -0.1) is 0 Å². The van der Waals surface area contributed by atoms with E-state index in [1.54, 1.807) is 0 Å². The van der Waals surface area contributed by atoms with E-state index in [4.69, 9.17) is 33.8 Å². The maximum atomic E-state index is 10.6. The first-order valence-electron chi connectivity index (χ1n) is 11.7. The number of hydrogen-bond donors (Lipinski definition) is 2. The zero-order valence-corrected chi connectivity index (χ0v) is 20.7. The van der Waals surface area contributed by atoms with E-state index in [0.29, 0.717) is 6.04 Å². The number of morpholine rings is 1. The van der Waals surface area contributed by atoms with Gasteiger partial charge in [-0.25, -0.2) is 9.59 Å². The predicted molar refractivity (Wildman–Crippen MR) is 118 cm³/mol. The number of alkyl halides is 6. The van der Waals surface area contributed by atoms with Crippen molar-refractivity contribution in [2.24, 2.45) is 0 Å². The summed E-state index contributed by atoms with van der Waals surface area (Å²) in [6.45, 7) is 6.10. The van der Waals surface area contributed by atoms with Gasteiger partial charge in [-0.1, -0.05) is 5.16 Å². The molecule has 0 bridgehead atoms. The summed E-state index contributed by atoms with van der Waals surface area (Å²) < 4.78 is 82.8. The Labute approximate surface area is 218 Å². The second kappa shape index (κ2) is 14.3. The molecule has 1 saturated carbocycles. The molecule has 3 atom stereocenters. The van der Waals surface area contributed by atoms with Crippen LogP contribution in [0.5, 0.6) is 0 Å². The Morgan fingerprint density at radius 3 is 2.28 bits per heavy atom. The molecule has 0 spiro atoms. The van der Waals surface area contributed by atoms with Crippen molar-refractivity contribution in [3.05, 3.63) is 36.0 Å². The lowest BCUT2D eigenvalue weighted by Gasteiger charge is -2.38. The highest BCUT2D eigenvalue weighted by Gasteiger charge is 2.43. The summed E-state index contributed by atoms with van der Waals surface area (Å²) >= 11 is 0. The Morgan fingerprint density at radius 2 is 1.77 bits per heavy atom. The van der Waals surface area contributed by atoms with Crippen LogP contribution in [0.25, 0.3) is 0 Å². The van der Waals surface area contributed by atoms with Crippen molar-refractivity contribution >= 4 is 11.9 Å². The fourth-order valence-electron chi connectivity index (χ4n) is 3.96. The smallest absolute Gasteiger partial charge is 0.475 e. The zero-order chi connectivity index (χ0) is 29.2. The van der Waals surface area contributed by atoms with E-state index in [9.17, 15) is 26.3 Å². The van der Waals surface area contributed by atoms with Gasteiger partial charge in [-0.2, -0.15) is 31.4 Å². The molecule has 11 nitrogen and oxygen atoms in total. The van der Waals surface area contributed by atoms with Crippen LogP contribution < -0.4 is 0 Å². The Hall–Kier alpha value is -3.18. The minimum atomic E-state index is -5.08. The number of aliphatic carboxylic acids is 2. The molecule has 0 unspecified atom stereocenters. The number of aryl methyl sites for hydroxylation is 2. The highest BCUT2D eigenvalue weighted by atomic mass is 19.4. The van der Waals surface area contributed by atoms with Crippen LogP contribution in [0.2, 0.25) is 0 Å². The largest absolute Gasteiger partial charge is 0.490 e. The first-order chi connectivity index (χ1) is 18.2. The van der Waals surface area contributed by atoms with E-state index in [1.165, 1.54) is 0 Å². The number of hydrogen-bond acceptors (Lipinski definition) is 8. The fraction of sp³-hybridized carbons (Fsp3) is 0.636. The summed E-state index contributed by atoms with van der Waals surface area (Å²) in [5.41, 5.74) is 1.00. The van der Waals surface area contributed by atoms with Crippen LogP contribution in [0.1, 0.15) is 30.7 Å². The molecule has 0 aromatic carbocycles. The average Bonchev–Trinajstić information content (AvgIpc) is 3.59. The van der Waals surface area contributed by atoms with Crippen LogP contribution in [-0.2, 0) is 32.2 Å². The second-order valence-electron chi connectivity index (χ2n) is 8.52. The topological polar surface area (TPSA) is 140 Å². The van der Waals surface area contributed by atoms with Gasteiger partial charge in [-0.3, -0.25) is 9.58 Å². The molecule has 3 heterocycles. The molecule has 0 radical (unpaired) electrons. The molecule has 0 amide bonds. The molecule has 2 aromatic heterocycles. The van der Waals surface area contributed by atoms with Gasteiger partial charge >= 0.3 is 24.3 Å². The fourth-order valence-corrected chi connectivity index (χ4v) is 3.96. The molecule has 1 aliphatic heterocycles. The SMILES string of the molecule is Cc1cc(CN2CCO[C@H]3[C@H](OCCCn4cccn4)CC[C@@H]32)no1.O=C(O)C(F)(F)F.O=C(O)C(F)(F)F. The number of rotatable bonds is 7. The summed E-state index contributed by atoms with van der Waals surface area (Å²) in [5.74, 6) is -4.65. The molecule has 220 valence electrons. The van der Waals surface area contributed by atoms with Crippen LogP contribution in [0, 0.1) is 6.92 Å². The summed E-state index contributed by atoms with van der Waals surface area (Å²) in [6.07, 6.45) is -2.85. The molecule has 39 heavy (non-hydrogen) atoms. The number of ether oxygens (including phenoxy) is 2. The Bertz CT molecular complexity index is 1010. The van der Waals surface area contributed by atoms with Crippen LogP contribution in [0.4, 0.5) is 26.3 Å². The molecule has 2 aliphatic rings. The first-order valence-corrected chi connectivity index (χ1v) is 11.7. The lowest BCUT2D eigenvalue weighted by molar-refractivity contribution is -0.193. The van der Waals surface area contributed by atoms with Crippen LogP contribution in [0.15, 0.2) is 29.0 Å². The predicted octanol–water partition coefficient (Wildman–Crippen LogP) is 3.28. The van der Waals surface area contributed by atoms with E-state index < -0.39 is 24.3 Å². The highest BCUT2D eigenvalue weighted by Crippen LogP contribution is 2.33. The third-order valence-corrected chi connectivity index (χ3v) is 5.60. The molecule has 4 rings (SSSR count). The van der Waals surface area contributed by atoms with Gasteiger partial charge in [0.2, 0.25) is 0 Å². The summed E-state index contributed by atoms with van der Waals surface area (Å²) in [7, 11) is 0. The van der Waals surface area contributed by atoms with E-state index in [2.05, 4.69) is 15.2 Å². The number of carboxylic acid groups (broad SMARTS) is 2. The lowest BCUT2D eigenvalue weighted by atomic mass is 10.1. The minimum absolute atomic E-state index is 0.173. The number of aromatic nitrogens is 3. The van der Waals surface area contributed by atoms with Crippen molar-refractivity contribution in [3.63, 3.8) is 0 Å². The molecule has 1 saturated heterocycles. The number of carbonyl (C=O) groups is 2. The normalized spacial score (nSPS) is 21.3. The third-order valence-electron chi connectivity index (χ3n) is 5.60. The number of nitrogens with zero attached hydrogens (tertiary/aromatic N) is 4. The Morgan fingerprint density at radius 1 is 1.13 bits per heavy atom. The quantitative estimate of drug-likeness (QED) is 0.374. The Kier molecular flexibility index (Phi) is 11.7. The van der Waals surface area contributed by atoms with E-state index in [0.717, 1.165) is 63.6 Å². The molecular formula is C22H28F6N4O7. The van der Waals surface area contributed by atoms with Crippen molar-refractivity contribution in [2.45, 2.75) is 69.9 Å². The van der Waals surface area contributed by atoms with Crippen molar-refractivity contribution in [3.8, 4) is 0 Å². The molecule has 2 aromatic rings. The monoisotopic (exact) mass is 574 g/mol. The van der Waals surface area contributed by atoms with Gasteiger partial charge in [0.05, 0.1) is 24.5 Å². The lowest BCUT2D eigenvalue weighted by Crippen LogP contribution is -2.51. The summed E-state index contributed by atoms with van der Waals surface area (Å²) in [4.78, 5) is 20.3.